The van der Waals surface area contributed by atoms with Crippen molar-refractivity contribution in [2.45, 2.75) is 19.3 Å². The van der Waals surface area contributed by atoms with Crippen molar-refractivity contribution in [2.75, 3.05) is 73.0 Å². The Hall–Kier alpha value is -0.160. The Labute approximate surface area is 119 Å². The van der Waals surface area contributed by atoms with E-state index in [1.54, 1.807) is 0 Å². The zero-order valence-electron chi connectivity index (χ0n) is 12.9. The van der Waals surface area contributed by atoms with E-state index < -0.39 is 0 Å². The highest BCUT2D eigenvalue weighted by Crippen LogP contribution is 2.15. The van der Waals surface area contributed by atoms with Crippen LogP contribution in [0.2, 0.25) is 0 Å². The molecule has 0 aromatic heterocycles. The number of hydrogen-bond acceptors (Lipinski definition) is 4. The molecule has 0 radical (unpaired) electrons. The summed E-state index contributed by atoms with van der Waals surface area (Å²) in [6, 6.07) is 0. The molecule has 1 N–H and O–H groups in total. The summed E-state index contributed by atoms with van der Waals surface area (Å²) < 4.78 is 0. The van der Waals surface area contributed by atoms with Crippen LogP contribution in [-0.2, 0) is 0 Å². The Kier molecular flexibility index (Phi) is 6.57. The second-order valence-corrected chi connectivity index (χ2v) is 6.49. The van der Waals surface area contributed by atoms with Gasteiger partial charge in [0.25, 0.3) is 0 Å². The van der Waals surface area contributed by atoms with Crippen molar-refractivity contribution in [2.24, 2.45) is 5.92 Å². The number of rotatable bonds is 6. The molecule has 4 heteroatoms. The van der Waals surface area contributed by atoms with Crippen LogP contribution in [-0.4, -0.2) is 87.7 Å². The van der Waals surface area contributed by atoms with Gasteiger partial charge in [0.2, 0.25) is 0 Å². The Morgan fingerprint density at radius 2 is 1.74 bits per heavy atom. The average Bonchev–Trinajstić information content (AvgIpc) is 2.45. The first kappa shape index (κ1) is 15.2. The standard InChI is InChI=1S/C15H32N4/c1-17(2)8-9-19-12-10-18(11-13-19)7-5-15-4-3-6-16-14-15/h15-16H,3-14H2,1-2H3. The topological polar surface area (TPSA) is 21.8 Å². The lowest BCUT2D eigenvalue weighted by atomic mass is 9.96. The molecule has 2 heterocycles. The number of piperazine rings is 1. The summed E-state index contributed by atoms with van der Waals surface area (Å²) in [5.74, 6) is 0.931. The molecule has 4 nitrogen and oxygen atoms in total. The molecule has 112 valence electrons. The van der Waals surface area contributed by atoms with E-state index in [1.165, 1.54) is 78.2 Å². The highest BCUT2D eigenvalue weighted by molar-refractivity contribution is 4.75. The molecule has 0 bridgehead atoms. The third-order valence-electron chi connectivity index (χ3n) is 4.58. The van der Waals surface area contributed by atoms with E-state index in [0.29, 0.717) is 0 Å². The minimum Gasteiger partial charge on any atom is -0.316 e. The van der Waals surface area contributed by atoms with Crippen molar-refractivity contribution in [3.63, 3.8) is 0 Å². The van der Waals surface area contributed by atoms with Crippen molar-refractivity contribution < 1.29 is 0 Å². The van der Waals surface area contributed by atoms with E-state index in [-0.39, 0.29) is 0 Å². The third kappa shape index (κ3) is 5.78. The van der Waals surface area contributed by atoms with Gasteiger partial charge < -0.3 is 15.1 Å². The molecule has 0 aromatic rings. The number of nitrogens with zero attached hydrogens (tertiary/aromatic N) is 3. The van der Waals surface area contributed by atoms with Crippen LogP contribution in [0.25, 0.3) is 0 Å². The molecule has 1 unspecified atom stereocenters. The summed E-state index contributed by atoms with van der Waals surface area (Å²) in [6.07, 6.45) is 4.21. The average molecular weight is 268 g/mol. The zero-order valence-corrected chi connectivity index (χ0v) is 12.9. The highest BCUT2D eigenvalue weighted by atomic mass is 15.3. The van der Waals surface area contributed by atoms with E-state index in [0.717, 1.165) is 5.92 Å². The first-order valence-corrected chi connectivity index (χ1v) is 8.04. The number of nitrogens with one attached hydrogen (secondary N) is 1. The Bertz CT molecular complexity index is 230. The summed E-state index contributed by atoms with van der Waals surface area (Å²) in [5, 5.41) is 3.53. The monoisotopic (exact) mass is 268 g/mol. The van der Waals surface area contributed by atoms with E-state index in [1.807, 2.05) is 0 Å². The lowest BCUT2D eigenvalue weighted by Crippen LogP contribution is -2.48. The number of likely N-dealkylation sites (N-methyl/N-ethyl adjacent to an activating group) is 1. The SMILES string of the molecule is CN(C)CCN1CCN(CCC2CCCNC2)CC1. The molecule has 2 aliphatic rings. The second-order valence-electron chi connectivity index (χ2n) is 6.49. The fraction of sp³-hybridized carbons (Fsp3) is 1.00. The molecular weight excluding hydrogens is 236 g/mol. The molecule has 0 spiro atoms. The van der Waals surface area contributed by atoms with Crippen molar-refractivity contribution in [3.8, 4) is 0 Å². The van der Waals surface area contributed by atoms with E-state index in [4.69, 9.17) is 0 Å². The molecule has 19 heavy (non-hydrogen) atoms. The maximum Gasteiger partial charge on any atom is 0.0110 e. The molecule has 2 rings (SSSR count). The van der Waals surface area contributed by atoms with Crippen LogP contribution in [0, 0.1) is 5.92 Å². The van der Waals surface area contributed by atoms with Crippen LogP contribution in [0.15, 0.2) is 0 Å². The fourth-order valence-electron chi connectivity index (χ4n) is 3.11. The lowest BCUT2D eigenvalue weighted by Gasteiger charge is -2.36. The maximum atomic E-state index is 3.53. The lowest BCUT2D eigenvalue weighted by molar-refractivity contribution is 0.118. The van der Waals surface area contributed by atoms with Gasteiger partial charge in [-0.2, -0.15) is 0 Å². The summed E-state index contributed by atoms with van der Waals surface area (Å²) in [7, 11) is 4.32. The van der Waals surface area contributed by atoms with E-state index >= 15 is 0 Å². The summed E-state index contributed by atoms with van der Waals surface area (Å²) in [6.45, 7) is 11.3. The Morgan fingerprint density at radius 1 is 1.05 bits per heavy atom. The Balaban J connectivity index is 1.55. The van der Waals surface area contributed by atoms with Gasteiger partial charge in [0.05, 0.1) is 0 Å². The van der Waals surface area contributed by atoms with Gasteiger partial charge in [0, 0.05) is 39.3 Å². The molecule has 0 saturated carbocycles. The van der Waals surface area contributed by atoms with Crippen LogP contribution < -0.4 is 5.32 Å². The van der Waals surface area contributed by atoms with Gasteiger partial charge in [0.15, 0.2) is 0 Å². The van der Waals surface area contributed by atoms with Gasteiger partial charge in [-0.05, 0) is 58.9 Å². The summed E-state index contributed by atoms with van der Waals surface area (Å²) in [4.78, 5) is 7.56. The van der Waals surface area contributed by atoms with Crippen molar-refractivity contribution in [3.05, 3.63) is 0 Å². The van der Waals surface area contributed by atoms with Crippen molar-refractivity contribution >= 4 is 0 Å². The second kappa shape index (κ2) is 8.20. The number of hydrogen-bond donors (Lipinski definition) is 1. The first-order valence-electron chi connectivity index (χ1n) is 8.04. The minimum atomic E-state index is 0.931. The summed E-state index contributed by atoms with van der Waals surface area (Å²) in [5.41, 5.74) is 0. The maximum absolute atomic E-state index is 3.53. The van der Waals surface area contributed by atoms with Crippen LogP contribution in [0.5, 0.6) is 0 Å². The smallest absolute Gasteiger partial charge is 0.0110 e. The summed E-state index contributed by atoms with van der Waals surface area (Å²) >= 11 is 0. The molecule has 0 aromatic carbocycles. The highest BCUT2D eigenvalue weighted by Gasteiger charge is 2.18. The number of piperidine rings is 1. The van der Waals surface area contributed by atoms with Gasteiger partial charge in [-0.25, -0.2) is 0 Å². The van der Waals surface area contributed by atoms with Gasteiger partial charge in [-0.15, -0.1) is 0 Å². The van der Waals surface area contributed by atoms with Gasteiger partial charge in [0.1, 0.15) is 0 Å². The van der Waals surface area contributed by atoms with E-state index in [9.17, 15) is 0 Å². The van der Waals surface area contributed by atoms with Crippen LogP contribution >= 0.6 is 0 Å². The predicted octanol–water partition coefficient (Wildman–Crippen LogP) is 0.555. The van der Waals surface area contributed by atoms with Gasteiger partial charge in [-0.1, -0.05) is 0 Å². The molecule has 0 amide bonds. The van der Waals surface area contributed by atoms with Crippen LogP contribution in [0.4, 0.5) is 0 Å². The molecule has 0 aliphatic carbocycles. The van der Waals surface area contributed by atoms with Crippen LogP contribution in [0.3, 0.4) is 0 Å². The van der Waals surface area contributed by atoms with E-state index in [2.05, 4.69) is 34.1 Å². The zero-order chi connectivity index (χ0) is 13.5. The predicted molar refractivity (Wildman–Crippen MR) is 81.6 cm³/mol. The Morgan fingerprint density at radius 3 is 2.32 bits per heavy atom. The first-order chi connectivity index (χ1) is 9.24. The molecular formula is C15H32N4. The van der Waals surface area contributed by atoms with Crippen molar-refractivity contribution in [1.29, 1.82) is 0 Å². The largest absolute Gasteiger partial charge is 0.316 e. The third-order valence-corrected chi connectivity index (χ3v) is 4.58. The molecule has 2 saturated heterocycles. The minimum absolute atomic E-state index is 0.931. The van der Waals surface area contributed by atoms with Crippen LogP contribution in [0.1, 0.15) is 19.3 Å². The van der Waals surface area contributed by atoms with Crippen molar-refractivity contribution in [1.82, 2.24) is 20.0 Å². The normalized spacial score (nSPS) is 27.0. The van der Waals surface area contributed by atoms with Gasteiger partial charge in [-0.3, -0.25) is 4.90 Å². The molecule has 1 atom stereocenters. The molecule has 2 fully saturated rings. The quantitative estimate of drug-likeness (QED) is 0.760. The fourth-order valence-corrected chi connectivity index (χ4v) is 3.11. The molecule has 2 aliphatic heterocycles. The van der Waals surface area contributed by atoms with Gasteiger partial charge >= 0.3 is 0 Å².